The second-order valence-corrected chi connectivity index (χ2v) is 2.98. The summed E-state index contributed by atoms with van der Waals surface area (Å²) in [5.41, 5.74) is 5.68. The van der Waals surface area contributed by atoms with E-state index >= 15 is 0 Å². The lowest BCUT2D eigenvalue weighted by Gasteiger charge is -2.32. The van der Waals surface area contributed by atoms with Crippen molar-refractivity contribution in [3.8, 4) is 0 Å². The first-order chi connectivity index (χ1) is 4.74. The van der Waals surface area contributed by atoms with Gasteiger partial charge in [-0.1, -0.05) is 0 Å². The molecular weight excluding hydrogens is 128 g/mol. The number of aldehydes is 1. The summed E-state index contributed by atoms with van der Waals surface area (Å²) in [6.07, 6.45) is 2.90. The predicted octanol–water partition coefficient (Wildman–Crippen LogP) is -0.393. The normalized spacial score (nSPS) is 35.8. The smallest absolute Gasteiger partial charge is 0.137 e. The molecule has 0 aromatic heterocycles. The van der Waals surface area contributed by atoms with Crippen LogP contribution in [0.2, 0.25) is 0 Å². The molecule has 1 saturated heterocycles. The number of nitrogens with two attached hydrogens (primary N) is 1. The fourth-order valence-electron chi connectivity index (χ4n) is 1.37. The van der Waals surface area contributed by atoms with Crippen LogP contribution in [0, 0.1) is 0 Å². The van der Waals surface area contributed by atoms with Crippen LogP contribution in [0.5, 0.6) is 0 Å². The van der Waals surface area contributed by atoms with Gasteiger partial charge in [-0.25, -0.2) is 0 Å². The van der Waals surface area contributed by atoms with Crippen molar-refractivity contribution in [2.24, 2.45) is 5.73 Å². The topological polar surface area (TPSA) is 46.3 Å². The Morgan fingerprint density at radius 2 is 2.30 bits per heavy atom. The molecule has 2 N–H and O–H groups in total. The van der Waals surface area contributed by atoms with Crippen molar-refractivity contribution in [2.75, 3.05) is 13.6 Å². The van der Waals surface area contributed by atoms with Crippen molar-refractivity contribution >= 4 is 6.29 Å². The van der Waals surface area contributed by atoms with Gasteiger partial charge >= 0.3 is 0 Å². The molecule has 2 atom stereocenters. The maximum absolute atomic E-state index is 10.4. The number of hydrogen-bond acceptors (Lipinski definition) is 3. The van der Waals surface area contributed by atoms with Gasteiger partial charge < -0.3 is 10.5 Å². The van der Waals surface area contributed by atoms with E-state index in [0.29, 0.717) is 0 Å². The highest BCUT2D eigenvalue weighted by molar-refractivity contribution is 5.57. The Morgan fingerprint density at radius 3 is 2.80 bits per heavy atom. The van der Waals surface area contributed by atoms with Gasteiger partial charge in [-0.15, -0.1) is 0 Å². The van der Waals surface area contributed by atoms with Gasteiger partial charge in [-0.2, -0.15) is 0 Å². The van der Waals surface area contributed by atoms with Gasteiger partial charge in [-0.3, -0.25) is 4.90 Å². The standard InChI is InChI=1S/C7H14N2O/c1-9-4-6(8)2-3-7(9)5-10/h5-7H,2-4,8H2,1H3/t6-,7?/m0/s1. The summed E-state index contributed by atoms with van der Waals surface area (Å²) in [4.78, 5) is 12.4. The minimum Gasteiger partial charge on any atom is -0.327 e. The highest BCUT2D eigenvalue weighted by atomic mass is 16.1. The van der Waals surface area contributed by atoms with E-state index in [1.165, 1.54) is 0 Å². The van der Waals surface area contributed by atoms with Crippen molar-refractivity contribution in [2.45, 2.75) is 24.9 Å². The summed E-state index contributed by atoms with van der Waals surface area (Å²) in [5.74, 6) is 0. The predicted molar refractivity (Wildman–Crippen MR) is 39.7 cm³/mol. The first-order valence-electron chi connectivity index (χ1n) is 3.65. The van der Waals surface area contributed by atoms with Crippen molar-refractivity contribution in [3.63, 3.8) is 0 Å². The lowest BCUT2D eigenvalue weighted by atomic mass is 10.0. The molecule has 0 bridgehead atoms. The zero-order valence-electron chi connectivity index (χ0n) is 6.29. The SMILES string of the molecule is CN1C[C@@H](N)CCC1C=O. The summed E-state index contributed by atoms with van der Waals surface area (Å²) < 4.78 is 0. The molecule has 0 amide bonds. The van der Waals surface area contributed by atoms with E-state index in [4.69, 9.17) is 5.73 Å². The molecule has 1 heterocycles. The fourth-order valence-corrected chi connectivity index (χ4v) is 1.37. The molecule has 58 valence electrons. The molecular formula is C7H14N2O. The molecule has 0 radical (unpaired) electrons. The molecule has 1 unspecified atom stereocenters. The van der Waals surface area contributed by atoms with Gasteiger partial charge in [0.25, 0.3) is 0 Å². The molecule has 0 aromatic carbocycles. The summed E-state index contributed by atoms with van der Waals surface area (Å²) >= 11 is 0. The lowest BCUT2D eigenvalue weighted by Crippen LogP contribution is -2.47. The Morgan fingerprint density at radius 1 is 1.60 bits per heavy atom. The Labute approximate surface area is 61.2 Å². The highest BCUT2D eigenvalue weighted by Gasteiger charge is 2.22. The summed E-state index contributed by atoms with van der Waals surface area (Å²) in [6.45, 7) is 0.851. The number of rotatable bonds is 1. The van der Waals surface area contributed by atoms with Crippen LogP contribution in [0.25, 0.3) is 0 Å². The van der Waals surface area contributed by atoms with E-state index in [0.717, 1.165) is 25.7 Å². The molecule has 10 heavy (non-hydrogen) atoms. The molecule has 1 rings (SSSR count). The van der Waals surface area contributed by atoms with Crippen molar-refractivity contribution in [1.82, 2.24) is 4.90 Å². The summed E-state index contributed by atoms with van der Waals surface area (Å²) in [5, 5.41) is 0. The second kappa shape index (κ2) is 3.12. The zero-order valence-corrected chi connectivity index (χ0v) is 6.29. The maximum atomic E-state index is 10.4. The number of piperidine rings is 1. The monoisotopic (exact) mass is 142 g/mol. The number of likely N-dealkylation sites (tertiary alicyclic amines) is 1. The largest absolute Gasteiger partial charge is 0.327 e. The Hall–Kier alpha value is -0.410. The van der Waals surface area contributed by atoms with E-state index in [2.05, 4.69) is 0 Å². The van der Waals surface area contributed by atoms with Gasteiger partial charge in [0.1, 0.15) is 6.29 Å². The van der Waals surface area contributed by atoms with Crippen LogP contribution in [0.3, 0.4) is 0 Å². The van der Waals surface area contributed by atoms with E-state index in [9.17, 15) is 4.79 Å². The molecule has 1 fully saturated rings. The Bertz CT molecular complexity index is 127. The number of carbonyl (C=O) groups excluding carboxylic acids is 1. The van der Waals surface area contributed by atoms with Gasteiger partial charge in [0.2, 0.25) is 0 Å². The molecule has 1 aliphatic rings. The van der Waals surface area contributed by atoms with E-state index in [1.807, 2.05) is 11.9 Å². The van der Waals surface area contributed by atoms with E-state index in [-0.39, 0.29) is 12.1 Å². The van der Waals surface area contributed by atoms with Crippen LogP contribution >= 0.6 is 0 Å². The van der Waals surface area contributed by atoms with Crippen LogP contribution in [0.1, 0.15) is 12.8 Å². The molecule has 0 aromatic rings. The molecule has 0 aliphatic carbocycles. The number of carbonyl (C=O) groups is 1. The van der Waals surface area contributed by atoms with Crippen molar-refractivity contribution < 1.29 is 4.79 Å². The van der Waals surface area contributed by atoms with Crippen LogP contribution in [0.4, 0.5) is 0 Å². The van der Waals surface area contributed by atoms with Gasteiger partial charge in [0.15, 0.2) is 0 Å². The number of nitrogens with zero attached hydrogens (tertiary/aromatic N) is 1. The first-order valence-corrected chi connectivity index (χ1v) is 3.65. The van der Waals surface area contributed by atoms with Gasteiger partial charge in [0, 0.05) is 12.6 Å². The Kier molecular flexibility index (Phi) is 2.40. The van der Waals surface area contributed by atoms with Crippen molar-refractivity contribution in [1.29, 1.82) is 0 Å². The van der Waals surface area contributed by atoms with Crippen molar-refractivity contribution in [3.05, 3.63) is 0 Å². The fraction of sp³-hybridized carbons (Fsp3) is 0.857. The molecule has 3 nitrogen and oxygen atoms in total. The average Bonchev–Trinajstić information content (AvgIpc) is 1.88. The minimum atomic E-state index is 0.111. The van der Waals surface area contributed by atoms with Crippen LogP contribution in [-0.4, -0.2) is 36.9 Å². The van der Waals surface area contributed by atoms with Gasteiger partial charge in [-0.05, 0) is 19.9 Å². The first kappa shape index (κ1) is 7.69. The maximum Gasteiger partial charge on any atom is 0.137 e. The lowest BCUT2D eigenvalue weighted by molar-refractivity contribution is -0.113. The van der Waals surface area contributed by atoms with E-state index < -0.39 is 0 Å². The second-order valence-electron chi connectivity index (χ2n) is 2.98. The third-order valence-electron chi connectivity index (χ3n) is 2.08. The molecule has 1 aliphatic heterocycles. The Balaban J connectivity index is 2.43. The quantitative estimate of drug-likeness (QED) is 0.507. The third-order valence-corrected chi connectivity index (χ3v) is 2.08. The minimum absolute atomic E-state index is 0.111. The van der Waals surface area contributed by atoms with Gasteiger partial charge in [0.05, 0.1) is 6.04 Å². The summed E-state index contributed by atoms with van der Waals surface area (Å²) in [6, 6.07) is 0.376. The zero-order chi connectivity index (χ0) is 7.56. The number of likely N-dealkylation sites (N-methyl/N-ethyl adjacent to an activating group) is 1. The van der Waals surface area contributed by atoms with Crippen LogP contribution < -0.4 is 5.73 Å². The third kappa shape index (κ3) is 1.55. The number of hydrogen-bond donors (Lipinski definition) is 1. The molecule has 0 saturated carbocycles. The molecule has 3 heteroatoms. The van der Waals surface area contributed by atoms with Crippen LogP contribution in [-0.2, 0) is 4.79 Å². The van der Waals surface area contributed by atoms with E-state index in [1.54, 1.807) is 0 Å². The average molecular weight is 142 g/mol. The summed E-state index contributed by atoms with van der Waals surface area (Å²) in [7, 11) is 1.94. The van der Waals surface area contributed by atoms with Crippen LogP contribution in [0.15, 0.2) is 0 Å². The highest BCUT2D eigenvalue weighted by Crippen LogP contribution is 2.11. The molecule has 0 spiro atoms.